The first kappa shape index (κ1) is 22.6. The summed E-state index contributed by atoms with van der Waals surface area (Å²) in [6.45, 7) is 8.09. The van der Waals surface area contributed by atoms with Crippen LogP contribution >= 0.6 is 24.0 Å². The van der Waals surface area contributed by atoms with Crippen molar-refractivity contribution in [1.29, 1.82) is 0 Å². The number of nitrogens with one attached hydrogen (secondary N) is 1. The Morgan fingerprint density at radius 3 is 2.52 bits per heavy atom. The van der Waals surface area contributed by atoms with E-state index in [-0.39, 0.29) is 11.4 Å². The van der Waals surface area contributed by atoms with Gasteiger partial charge in [0.2, 0.25) is 0 Å². The molecule has 2 aromatic rings. The molecule has 0 spiro atoms. The second-order valence-electron chi connectivity index (χ2n) is 6.06. The highest BCUT2D eigenvalue weighted by molar-refractivity contribution is 7.99. The van der Waals surface area contributed by atoms with Gasteiger partial charge in [0.1, 0.15) is 5.60 Å². The van der Waals surface area contributed by atoms with Crippen molar-refractivity contribution in [2.45, 2.75) is 23.6 Å². The lowest BCUT2D eigenvalue weighted by molar-refractivity contribution is -0.137. The molecule has 1 atom stereocenters. The lowest BCUT2D eigenvalue weighted by atomic mass is 10.1. The third-order valence-electron chi connectivity index (χ3n) is 3.70. The number of halogens is 3. The van der Waals surface area contributed by atoms with E-state index in [4.69, 9.17) is 6.57 Å². The van der Waals surface area contributed by atoms with Crippen LogP contribution in [0.5, 0.6) is 0 Å². The first-order valence-corrected chi connectivity index (χ1v) is 9.39. The van der Waals surface area contributed by atoms with E-state index in [1.165, 1.54) is 24.8 Å². The highest BCUT2D eigenvalue weighted by atomic mass is 32.2. The van der Waals surface area contributed by atoms with Crippen LogP contribution in [-0.4, -0.2) is 27.5 Å². The van der Waals surface area contributed by atoms with E-state index in [1.54, 1.807) is 24.3 Å². The molecule has 10 heteroatoms. The average molecular weight is 437 g/mol. The molecular weight excluding hydrogens is 423 g/mol. The molecule has 5 nitrogen and oxygen atoms in total. The van der Waals surface area contributed by atoms with Crippen LogP contribution in [0, 0.1) is 6.57 Å². The number of thiocarbonyl (C=S) groups is 1. The zero-order chi connectivity index (χ0) is 21.7. The lowest BCUT2D eigenvalue weighted by Crippen LogP contribution is -2.42. The molecular formula is C19H14F3N3O2S2. The normalized spacial score (nSPS) is 13.0. The molecule has 1 amide bonds. The third-order valence-corrected chi connectivity index (χ3v) is 5.10. The Morgan fingerprint density at radius 2 is 1.97 bits per heavy atom. The summed E-state index contributed by atoms with van der Waals surface area (Å²) in [5.41, 5.74) is -3.13. The van der Waals surface area contributed by atoms with Crippen LogP contribution in [0.25, 0.3) is 4.85 Å². The molecule has 0 aromatic heterocycles. The van der Waals surface area contributed by atoms with E-state index in [2.05, 4.69) is 32.5 Å². The van der Waals surface area contributed by atoms with E-state index >= 15 is 0 Å². The maximum Gasteiger partial charge on any atom is 0.407 e. The van der Waals surface area contributed by atoms with Gasteiger partial charge in [-0.05, 0) is 55.5 Å². The molecule has 2 rings (SSSR count). The number of nitrogens with zero attached hydrogens (tertiary/aromatic N) is 2. The van der Waals surface area contributed by atoms with Crippen LogP contribution in [0.3, 0.4) is 0 Å². The van der Waals surface area contributed by atoms with Crippen LogP contribution < -0.4 is 5.32 Å². The van der Waals surface area contributed by atoms with E-state index in [0.29, 0.717) is 11.8 Å². The number of hydrogen-bond donors (Lipinski definition) is 2. The molecule has 0 radical (unpaired) electrons. The number of rotatable bonds is 6. The standard InChI is InChI=1S/C19H14F3N3O2S2/c1-18(27,10-29-14-6-3-12(4-7-14)24-11-28)17(26)25-13-5-8-16(23-2)15(9-13)19(20,21)22/h3-9,27H,10H2,1H3,(H,25,26). The van der Waals surface area contributed by atoms with Crippen LogP contribution in [0.15, 0.2) is 52.4 Å². The summed E-state index contributed by atoms with van der Waals surface area (Å²) < 4.78 is 39.1. The minimum atomic E-state index is -4.74. The van der Waals surface area contributed by atoms with Gasteiger partial charge in [0, 0.05) is 16.3 Å². The smallest absolute Gasteiger partial charge is 0.379 e. The molecule has 0 fully saturated rings. The third kappa shape index (κ3) is 6.14. The molecule has 2 aromatic carbocycles. The van der Waals surface area contributed by atoms with Gasteiger partial charge < -0.3 is 10.4 Å². The Bertz CT molecular complexity index is 993. The Hall–Kier alpha value is -2.70. The number of carbonyl (C=O) groups is 1. The van der Waals surface area contributed by atoms with Crippen molar-refractivity contribution in [1.82, 2.24) is 0 Å². The summed E-state index contributed by atoms with van der Waals surface area (Å²) in [4.78, 5) is 19.8. The number of alkyl halides is 3. The van der Waals surface area contributed by atoms with Gasteiger partial charge in [-0.3, -0.25) is 4.79 Å². The van der Waals surface area contributed by atoms with Crippen LogP contribution in [0.1, 0.15) is 12.5 Å². The van der Waals surface area contributed by atoms with Gasteiger partial charge in [-0.25, -0.2) is 4.85 Å². The predicted molar refractivity (Wildman–Crippen MR) is 109 cm³/mol. The quantitative estimate of drug-likeness (QED) is 0.272. The molecule has 0 saturated heterocycles. The number of hydrogen-bond acceptors (Lipinski definition) is 5. The Kier molecular flexibility index (Phi) is 7.16. The Balaban J connectivity index is 2.09. The van der Waals surface area contributed by atoms with E-state index in [9.17, 15) is 23.1 Å². The van der Waals surface area contributed by atoms with Crippen LogP contribution in [-0.2, 0) is 11.0 Å². The van der Waals surface area contributed by atoms with Crippen molar-refractivity contribution in [2.75, 3.05) is 11.1 Å². The van der Waals surface area contributed by atoms with Crippen molar-refractivity contribution in [3.63, 3.8) is 0 Å². The summed E-state index contributed by atoms with van der Waals surface area (Å²) in [6.07, 6.45) is -4.74. The van der Waals surface area contributed by atoms with Crippen molar-refractivity contribution in [2.24, 2.45) is 4.99 Å². The van der Waals surface area contributed by atoms with Gasteiger partial charge in [-0.1, -0.05) is 6.07 Å². The van der Waals surface area contributed by atoms with Crippen molar-refractivity contribution < 1.29 is 23.1 Å². The highest BCUT2D eigenvalue weighted by Gasteiger charge is 2.35. The number of isothiocyanates is 1. The largest absolute Gasteiger partial charge is 0.407 e. The summed E-state index contributed by atoms with van der Waals surface area (Å²) in [5.74, 6) is -0.906. The molecule has 0 saturated carbocycles. The van der Waals surface area contributed by atoms with Gasteiger partial charge in [0.25, 0.3) is 5.91 Å². The Morgan fingerprint density at radius 1 is 1.31 bits per heavy atom. The SMILES string of the molecule is [C-]#[N+]c1ccc(NC(=O)C(C)(O)CSc2ccc(N=C=S)cc2)cc1C(F)(F)F. The highest BCUT2D eigenvalue weighted by Crippen LogP contribution is 2.38. The maximum absolute atomic E-state index is 13.0. The minimum Gasteiger partial charge on any atom is -0.379 e. The number of anilines is 1. The number of benzene rings is 2. The first-order valence-electron chi connectivity index (χ1n) is 8.00. The number of amides is 1. The fraction of sp³-hybridized carbons (Fsp3) is 0.211. The van der Waals surface area contributed by atoms with Crippen molar-refractivity contribution in [3.8, 4) is 0 Å². The van der Waals surface area contributed by atoms with Gasteiger partial charge in [0.05, 0.1) is 23.0 Å². The van der Waals surface area contributed by atoms with Crippen molar-refractivity contribution >= 4 is 52.1 Å². The molecule has 0 bridgehead atoms. The van der Waals surface area contributed by atoms with Gasteiger partial charge in [-0.2, -0.15) is 18.2 Å². The second-order valence-corrected chi connectivity index (χ2v) is 7.29. The fourth-order valence-electron chi connectivity index (χ4n) is 2.16. The zero-order valence-corrected chi connectivity index (χ0v) is 16.6. The second kappa shape index (κ2) is 9.20. The molecule has 0 aliphatic carbocycles. The minimum absolute atomic E-state index is 0.0408. The fourth-order valence-corrected chi connectivity index (χ4v) is 3.18. The first-order chi connectivity index (χ1) is 13.6. The molecule has 0 aliphatic heterocycles. The zero-order valence-electron chi connectivity index (χ0n) is 14.9. The summed E-state index contributed by atoms with van der Waals surface area (Å²) >= 11 is 5.70. The topological polar surface area (TPSA) is 66.0 Å². The number of thioether (sulfide) groups is 1. The molecule has 0 heterocycles. The Labute approximate surface area is 174 Å². The summed E-state index contributed by atoms with van der Waals surface area (Å²) in [5, 5.41) is 14.9. The number of aliphatic imine (C=N–C) groups is 1. The maximum atomic E-state index is 13.0. The van der Waals surface area contributed by atoms with Crippen LogP contribution in [0.2, 0.25) is 0 Å². The molecule has 0 aliphatic rings. The average Bonchev–Trinajstić information content (AvgIpc) is 2.67. The molecule has 1 unspecified atom stereocenters. The number of carbonyl (C=O) groups excluding carboxylic acids is 1. The number of aliphatic hydroxyl groups is 1. The van der Waals surface area contributed by atoms with E-state index < -0.39 is 28.9 Å². The monoisotopic (exact) mass is 437 g/mol. The van der Waals surface area contributed by atoms with E-state index in [0.717, 1.165) is 11.0 Å². The predicted octanol–water partition coefficient (Wildman–Crippen LogP) is 5.47. The van der Waals surface area contributed by atoms with Crippen LogP contribution in [0.4, 0.5) is 30.2 Å². The lowest BCUT2D eigenvalue weighted by Gasteiger charge is -2.22. The van der Waals surface area contributed by atoms with Crippen molar-refractivity contribution in [3.05, 3.63) is 59.4 Å². The van der Waals surface area contributed by atoms with Gasteiger partial charge >= 0.3 is 6.18 Å². The molecule has 150 valence electrons. The van der Waals surface area contributed by atoms with E-state index in [1.807, 2.05) is 0 Å². The van der Waals surface area contributed by atoms with Gasteiger partial charge in [0.15, 0.2) is 5.69 Å². The molecule has 2 N–H and O–H groups in total. The summed E-state index contributed by atoms with van der Waals surface area (Å²) in [7, 11) is 0. The summed E-state index contributed by atoms with van der Waals surface area (Å²) in [6, 6.07) is 9.65. The van der Waals surface area contributed by atoms with Gasteiger partial charge in [-0.15, -0.1) is 11.8 Å². The molecule has 29 heavy (non-hydrogen) atoms.